The van der Waals surface area contributed by atoms with Crippen molar-refractivity contribution >= 4 is 22.2 Å². The summed E-state index contributed by atoms with van der Waals surface area (Å²) in [6.45, 7) is -1.68. The van der Waals surface area contributed by atoms with E-state index in [1.54, 1.807) is 18.6 Å². The predicted molar refractivity (Wildman–Crippen MR) is 79.7 cm³/mol. The van der Waals surface area contributed by atoms with Gasteiger partial charge in [0.2, 0.25) is 11.3 Å². The fourth-order valence-corrected chi connectivity index (χ4v) is 3.42. The van der Waals surface area contributed by atoms with Crippen molar-refractivity contribution < 1.29 is 8.68 Å². The molecule has 4 aromatic heterocycles. The van der Waals surface area contributed by atoms with Gasteiger partial charge in [0.25, 0.3) is 5.65 Å². The van der Waals surface area contributed by atoms with E-state index in [1.165, 1.54) is 4.57 Å². The molecule has 0 bridgehead atoms. The second-order valence-corrected chi connectivity index (χ2v) is 5.38. The highest BCUT2D eigenvalue weighted by Crippen LogP contribution is 2.35. The quantitative estimate of drug-likeness (QED) is 0.405. The molecule has 5 heteroatoms. The van der Waals surface area contributed by atoms with Gasteiger partial charge in [0.05, 0.1) is 30.2 Å². The zero-order valence-electron chi connectivity index (χ0n) is 14.4. The molecule has 0 unspecified atom stereocenters. The first-order valence-corrected chi connectivity index (χ1v) is 6.80. The fourth-order valence-electron chi connectivity index (χ4n) is 3.42. The molecule has 0 N–H and O–H groups in total. The Kier molecular flexibility index (Phi) is 1.42. The maximum Gasteiger partial charge on any atom is 0.270 e. The molecule has 4 aromatic rings. The lowest BCUT2D eigenvalue weighted by Gasteiger charge is -1.98. The van der Waals surface area contributed by atoms with Gasteiger partial charge in [-0.15, -0.1) is 0 Å². The van der Waals surface area contributed by atoms with Crippen molar-refractivity contribution in [3.05, 3.63) is 42.4 Å². The topological polar surface area (TPSA) is 39.5 Å². The summed E-state index contributed by atoms with van der Waals surface area (Å²) >= 11 is 0. The van der Waals surface area contributed by atoms with Crippen LogP contribution in [0.3, 0.4) is 0 Å². The summed E-state index contributed by atoms with van der Waals surface area (Å²) in [6, 6.07) is 5.71. The van der Waals surface area contributed by atoms with Crippen LogP contribution in [0, 0.1) is 0 Å². The highest BCUT2D eigenvalue weighted by molar-refractivity contribution is 6.02. The Hall–Kier alpha value is -2.69. The molecule has 0 spiro atoms. The van der Waals surface area contributed by atoms with E-state index in [4.69, 9.17) is 4.11 Å². The summed E-state index contributed by atoms with van der Waals surface area (Å²) in [5, 5.41) is 0. The van der Waals surface area contributed by atoms with E-state index >= 15 is 0 Å². The van der Waals surface area contributed by atoms with Crippen molar-refractivity contribution in [1.82, 2.24) is 19.1 Å². The van der Waals surface area contributed by atoms with E-state index in [0.29, 0.717) is 18.0 Å². The van der Waals surface area contributed by atoms with Crippen molar-refractivity contribution in [2.24, 2.45) is 14.0 Å². The first-order valence-electron chi connectivity index (χ1n) is 8.30. The van der Waals surface area contributed by atoms with E-state index in [-0.39, 0.29) is 0 Å². The van der Waals surface area contributed by atoms with Crippen molar-refractivity contribution in [1.29, 1.82) is 0 Å². The van der Waals surface area contributed by atoms with Crippen LogP contribution >= 0.6 is 0 Å². The summed E-state index contributed by atoms with van der Waals surface area (Å²) in [5.74, 6) is 0.695. The van der Waals surface area contributed by atoms with Gasteiger partial charge in [-0.05, 0) is 18.2 Å². The van der Waals surface area contributed by atoms with Gasteiger partial charge in [-0.2, -0.15) is 0 Å². The van der Waals surface area contributed by atoms with Crippen LogP contribution in [0.25, 0.3) is 33.6 Å². The molecule has 5 heterocycles. The largest absolute Gasteiger partial charge is 0.270 e. The molecule has 1 aliphatic heterocycles. The lowest BCUT2D eigenvalue weighted by atomic mass is 10.2. The average molecular weight is 279 g/mol. The number of pyridine rings is 2. The van der Waals surface area contributed by atoms with Crippen molar-refractivity contribution in [3.8, 4) is 11.4 Å². The Labute approximate surface area is 125 Å². The zero-order valence-corrected chi connectivity index (χ0v) is 11.4. The van der Waals surface area contributed by atoms with Crippen molar-refractivity contribution in [3.63, 3.8) is 0 Å². The summed E-state index contributed by atoms with van der Waals surface area (Å²) in [5.41, 5.74) is 5.21. The van der Waals surface area contributed by atoms with Crippen molar-refractivity contribution in [2.75, 3.05) is 0 Å². The molecule has 21 heavy (non-hydrogen) atoms. The van der Waals surface area contributed by atoms with E-state index in [1.807, 2.05) is 34.4 Å². The maximum absolute atomic E-state index is 8.09. The molecule has 0 aliphatic carbocycles. The molecule has 0 atom stereocenters. The maximum atomic E-state index is 8.09. The normalized spacial score (nSPS) is 15.8. The van der Waals surface area contributed by atoms with Crippen LogP contribution in [0.1, 0.15) is 9.68 Å². The van der Waals surface area contributed by atoms with Gasteiger partial charge in [-0.3, -0.25) is 9.55 Å². The molecule has 5 nitrogen and oxygen atoms in total. The number of hydrogen-bond acceptors (Lipinski definition) is 2. The van der Waals surface area contributed by atoms with Gasteiger partial charge in [-0.1, -0.05) is 0 Å². The summed E-state index contributed by atoms with van der Waals surface area (Å²) in [7, 11) is 1.89. The molecule has 0 saturated heterocycles. The number of nitrogens with zero attached hydrogens (tertiary/aromatic N) is 5. The van der Waals surface area contributed by atoms with E-state index in [0.717, 1.165) is 27.7 Å². The molecular weight excluding hydrogens is 262 g/mol. The van der Waals surface area contributed by atoms with Gasteiger partial charge < -0.3 is 0 Å². The average Bonchev–Trinajstić information content (AvgIpc) is 3.15. The third-order valence-corrected chi connectivity index (χ3v) is 4.32. The molecule has 102 valence electrons. The van der Waals surface area contributed by atoms with Crippen LogP contribution in [0.4, 0.5) is 0 Å². The van der Waals surface area contributed by atoms with Crippen molar-refractivity contribution in [2.45, 2.75) is 6.54 Å². The van der Waals surface area contributed by atoms with Gasteiger partial charge in [0.1, 0.15) is 11.0 Å². The van der Waals surface area contributed by atoms with Crippen LogP contribution in [0.15, 0.2) is 36.8 Å². The van der Waals surface area contributed by atoms with Gasteiger partial charge in [0, 0.05) is 24.2 Å². The van der Waals surface area contributed by atoms with E-state index in [9.17, 15) is 0 Å². The molecule has 0 amide bonds. The summed E-state index contributed by atoms with van der Waals surface area (Å²) in [6.07, 6.45) is 5.24. The minimum Gasteiger partial charge on any atom is -0.264 e. The second kappa shape index (κ2) is 3.49. The molecule has 1 aliphatic rings. The highest BCUT2D eigenvalue weighted by Gasteiger charge is 2.34. The third-order valence-electron chi connectivity index (χ3n) is 4.32. The Bertz CT molecular complexity index is 1140. The standard InChI is InChI=1S/C16H14N5/c1-19-12-4-3-6-18-13(12)14-16(19)20(2)15-11-5-7-17-8-10(11)9-21(14)15/h3-8H,9H2,1-2H3/q+1/i2D3. The molecule has 0 aromatic carbocycles. The monoisotopic (exact) mass is 279 g/mol. The molecule has 0 saturated carbocycles. The van der Waals surface area contributed by atoms with Crippen LogP contribution < -0.4 is 4.57 Å². The molecule has 0 fully saturated rings. The zero-order chi connectivity index (χ0) is 16.6. The number of aromatic nitrogens is 5. The Balaban J connectivity index is 2.05. The lowest BCUT2D eigenvalue weighted by Crippen LogP contribution is -2.31. The van der Waals surface area contributed by atoms with Crippen LogP contribution in [-0.4, -0.2) is 19.1 Å². The SMILES string of the molecule is [2H]C([2H])([2H])[n+]1c2n(c3c4ncccc4n(C)c31)Cc1cnccc1-2. The van der Waals surface area contributed by atoms with E-state index in [2.05, 4.69) is 9.97 Å². The fraction of sp³-hybridized carbons (Fsp3) is 0.188. The Morgan fingerprint density at radius 2 is 2.29 bits per heavy atom. The minimum absolute atomic E-state index is 0.605. The summed E-state index contributed by atoms with van der Waals surface area (Å²) in [4.78, 5) is 8.69. The molecule has 5 rings (SSSR count). The predicted octanol–water partition coefficient (Wildman–Crippen LogP) is 1.78. The lowest BCUT2D eigenvalue weighted by molar-refractivity contribution is -0.636. The Morgan fingerprint density at radius 3 is 3.19 bits per heavy atom. The highest BCUT2D eigenvalue weighted by atomic mass is 15.2. The molecule has 0 radical (unpaired) electrons. The first-order chi connectivity index (χ1) is 11.5. The van der Waals surface area contributed by atoms with Gasteiger partial charge in [-0.25, -0.2) is 14.1 Å². The third kappa shape index (κ3) is 1.15. The second-order valence-electron chi connectivity index (χ2n) is 5.38. The minimum atomic E-state index is -2.29. The van der Waals surface area contributed by atoms with Crippen LogP contribution in [0.5, 0.6) is 0 Å². The number of hydrogen-bond donors (Lipinski definition) is 0. The summed E-state index contributed by atoms with van der Waals surface area (Å²) < 4.78 is 29.7. The van der Waals surface area contributed by atoms with Crippen LogP contribution in [0.2, 0.25) is 0 Å². The molecular formula is C16H14N5+. The Morgan fingerprint density at radius 1 is 1.33 bits per heavy atom. The smallest absolute Gasteiger partial charge is 0.264 e. The van der Waals surface area contributed by atoms with Gasteiger partial charge in [0.15, 0.2) is 0 Å². The van der Waals surface area contributed by atoms with E-state index < -0.39 is 6.98 Å². The number of aryl methyl sites for hydroxylation is 2. The van der Waals surface area contributed by atoms with Gasteiger partial charge >= 0.3 is 0 Å². The number of fused-ring (bicyclic) bond motifs is 7. The van der Waals surface area contributed by atoms with Crippen LogP contribution in [-0.2, 0) is 20.6 Å². The number of imidazole rings is 1. The first kappa shape index (κ1) is 8.56. The number of rotatable bonds is 0.